The molecule has 1 saturated heterocycles. The molecule has 0 unspecified atom stereocenters. The molecule has 3 rings (SSSR count). The van der Waals surface area contributed by atoms with Gasteiger partial charge in [-0.1, -0.05) is 12.1 Å². The van der Waals surface area contributed by atoms with Gasteiger partial charge in [0.1, 0.15) is 5.75 Å². The number of hydrogen-bond acceptors (Lipinski definition) is 4. The van der Waals surface area contributed by atoms with E-state index in [0.717, 1.165) is 24.2 Å². The largest absolute Gasteiger partial charge is 0.494 e. The van der Waals surface area contributed by atoms with Crippen LogP contribution in [0.1, 0.15) is 24.8 Å². The molecule has 0 atom stereocenters. The summed E-state index contributed by atoms with van der Waals surface area (Å²) < 4.78 is 33.9. The Bertz CT molecular complexity index is 915. The van der Waals surface area contributed by atoms with Gasteiger partial charge < -0.3 is 9.30 Å². The summed E-state index contributed by atoms with van der Waals surface area (Å²) >= 11 is 0. The van der Waals surface area contributed by atoms with Crippen molar-refractivity contribution in [2.75, 3.05) is 19.7 Å². The molecule has 7 heteroatoms. The molecule has 1 aliphatic rings. The van der Waals surface area contributed by atoms with Crippen molar-refractivity contribution in [2.45, 2.75) is 37.6 Å². The van der Waals surface area contributed by atoms with Crippen LogP contribution >= 0.6 is 0 Å². The van der Waals surface area contributed by atoms with Gasteiger partial charge in [-0.2, -0.15) is 4.31 Å². The van der Waals surface area contributed by atoms with Crippen LogP contribution in [-0.4, -0.2) is 37.0 Å². The minimum absolute atomic E-state index is 0.179. The molecule has 0 bridgehead atoms. The van der Waals surface area contributed by atoms with Crippen LogP contribution in [0.4, 0.5) is 0 Å². The molecule has 26 heavy (non-hydrogen) atoms. The van der Waals surface area contributed by atoms with Crippen LogP contribution in [0, 0.1) is 6.92 Å². The summed E-state index contributed by atoms with van der Waals surface area (Å²) in [5.41, 5.74) is 0.916. The molecule has 0 aliphatic carbocycles. The topological polar surface area (TPSA) is 68.6 Å². The van der Waals surface area contributed by atoms with E-state index in [1.54, 1.807) is 0 Å². The average Bonchev–Trinajstić information content (AvgIpc) is 3.15. The first-order valence-corrected chi connectivity index (χ1v) is 10.3. The summed E-state index contributed by atoms with van der Waals surface area (Å²) in [5.74, 6) is 0.794. The molecule has 0 spiro atoms. The average molecular weight is 376 g/mol. The highest BCUT2D eigenvalue weighted by Gasteiger charge is 2.27. The third kappa shape index (κ3) is 4.34. The Morgan fingerprint density at radius 2 is 1.88 bits per heavy atom. The first kappa shape index (κ1) is 18.7. The van der Waals surface area contributed by atoms with E-state index >= 15 is 0 Å². The fourth-order valence-electron chi connectivity index (χ4n) is 3.04. The summed E-state index contributed by atoms with van der Waals surface area (Å²) in [7, 11) is -3.51. The maximum absolute atomic E-state index is 12.6. The molecule has 1 aliphatic heterocycles. The van der Waals surface area contributed by atoms with Gasteiger partial charge in [0.2, 0.25) is 10.0 Å². The maximum atomic E-state index is 12.6. The van der Waals surface area contributed by atoms with Crippen molar-refractivity contribution in [1.82, 2.24) is 8.87 Å². The Hall–Kier alpha value is -2.12. The van der Waals surface area contributed by atoms with E-state index in [9.17, 15) is 13.2 Å². The van der Waals surface area contributed by atoms with Crippen molar-refractivity contribution in [1.29, 1.82) is 0 Å². The summed E-state index contributed by atoms with van der Waals surface area (Å²) in [4.78, 5) is 12.2. The Kier molecular flexibility index (Phi) is 5.78. The highest BCUT2D eigenvalue weighted by atomic mass is 32.2. The van der Waals surface area contributed by atoms with Gasteiger partial charge in [0.15, 0.2) is 0 Å². The van der Waals surface area contributed by atoms with Crippen molar-refractivity contribution < 1.29 is 13.2 Å². The van der Waals surface area contributed by atoms with Crippen LogP contribution in [0.25, 0.3) is 0 Å². The van der Waals surface area contributed by atoms with Gasteiger partial charge in [-0.15, -0.1) is 0 Å². The second-order valence-electron chi connectivity index (χ2n) is 6.53. The first-order chi connectivity index (χ1) is 12.5. The molecule has 0 saturated carbocycles. The zero-order valence-electron chi connectivity index (χ0n) is 14.9. The zero-order valence-corrected chi connectivity index (χ0v) is 15.7. The van der Waals surface area contributed by atoms with Gasteiger partial charge in [0.25, 0.3) is 5.56 Å². The van der Waals surface area contributed by atoms with E-state index in [1.807, 2.05) is 31.2 Å². The number of sulfonamides is 1. The van der Waals surface area contributed by atoms with Gasteiger partial charge in [-0.3, -0.25) is 4.79 Å². The molecule has 2 heterocycles. The quantitative estimate of drug-likeness (QED) is 0.696. The standard InChI is InChI=1S/C19H24N2O4S/c1-16-6-4-7-17(14-16)25-13-5-10-20-15-18(8-9-19(20)22)26(23,24)21-11-2-3-12-21/h4,6-9,14-15H,2-3,5,10-13H2,1H3. The molecule has 0 N–H and O–H groups in total. The lowest BCUT2D eigenvalue weighted by molar-refractivity contribution is 0.300. The molecule has 1 aromatic heterocycles. The SMILES string of the molecule is Cc1cccc(OCCCn2cc(S(=O)(=O)N3CCCC3)ccc2=O)c1. The molecular weight excluding hydrogens is 352 g/mol. The molecule has 6 nitrogen and oxygen atoms in total. The number of hydrogen-bond donors (Lipinski definition) is 0. The van der Waals surface area contributed by atoms with E-state index in [1.165, 1.54) is 27.2 Å². The molecule has 1 fully saturated rings. The Morgan fingerprint density at radius 3 is 2.62 bits per heavy atom. The van der Waals surface area contributed by atoms with Crippen molar-refractivity contribution in [3.05, 3.63) is 58.5 Å². The number of pyridine rings is 1. The van der Waals surface area contributed by atoms with Gasteiger partial charge in [0, 0.05) is 31.9 Å². The fourth-order valence-corrected chi connectivity index (χ4v) is 4.58. The summed E-state index contributed by atoms with van der Waals surface area (Å²) in [5, 5.41) is 0. The molecule has 2 aromatic rings. The Morgan fingerprint density at radius 1 is 1.12 bits per heavy atom. The van der Waals surface area contributed by atoms with E-state index in [-0.39, 0.29) is 10.5 Å². The van der Waals surface area contributed by atoms with Crippen LogP contribution in [0.2, 0.25) is 0 Å². The minimum Gasteiger partial charge on any atom is -0.494 e. The van der Waals surface area contributed by atoms with Crippen molar-refractivity contribution in [3.63, 3.8) is 0 Å². The number of ether oxygens (including phenoxy) is 1. The van der Waals surface area contributed by atoms with Crippen LogP contribution in [0.15, 0.2) is 52.3 Å². The lowest BCUT2D eigenvalue weighted by atomic mass is 10.2. The predicted molar refractivity (Wildman–Crippen MR) is 100.0 cm³/mol. The van der Waals surface area contributed by atoms with Gasteiger partial charge >= 0.3 is 0 Å². The second-order valence-corrected chi connectivity index (χ2v) is 8.46. The molecule has 0 amide bonds. The highest BCUT2D eigenvalue weighted by molar-refractivity contribution is 7.89. The van der Waals surface area contributed by atoms with Crippen LogP contribution in [0.3, 0.4) is 0 Å². The van der Waals surface area contributed by atoms with Gasteiger partial charge in [0.05, 0.1) is 11.5 Å². The molecular formula is C19H24N2O4S. The van der Waals surface area contributed by atoms with Crippen LogP contribution in [0.5, 0.6) is 5.75 Å². The summed E-state index contributed by atoms with van der Waals surface area (Å²) in [6.07, 6.45) is 3.83. The first-order valence-electron chi connectivity index (χ1n) is 8.87. The third-order valence-electron chi connectivity index (χ3n) is 4.46. The predicted octanol–water partition coefficient (Wildman–Crippen LogP) is 2.41. The normalized spacial score (nSPS) is 15.3. The molecule has 0 radical (unpaired) electrons. The maximum Gasteiger partial charge on any atom is 0.250 e. The van der Waals surface area contributed by atoms with E-state index < -0.39 is 10.0 Å². The number of aromatic nitrogens is 1. The van der Waals surface area contributed by atoms with Gasteiger partial charge in [-0.25, -0.2) is 8.42 Å². The number of nitrogens with zero attached hydrogens (tertiary/aromatic N) is 2. The number of aryl methyl sites for hydroxylation is 2. The monoisotopic (exact) mass is 376 g/mol. The van der Waals surface area contributed by atoms with E-state index in [4.69, 9.17) is 4.74 Å². The smallest absolute Gasteiger partial charge is 0.250 e. The van der Waals surface area contributed by atoms with Crippen LogP contribution < -0.4 is 10.3 Å². The van der Waals surface area contributed by atoms with Crippen molar-refractivity contribution in [2.24, 2.45) is 0 Å². The lowest BCUT2D eigenvalue weighted by Gasteiger charge is -2.16. The Labute approximate surface area is 154 Å². The van der Waals surface area contributed by atoms with Crippen molar-refractivity contribution >= 4 is 10.0 Å². The second kappa shape index (κ2) is 8.05. The van der Waals surface area contributed by atoms with Crippen molar-refractivity contribution in [3.8, 4) is 5.75 Å². The van der Waals surface area contributed by atoms with Crippen LogP contribution in [-0.2, 0) is 16.6 Å². The molecule has 140 valence electrons. The van der Waals surface area contributed by atoms with E-state index in [2.05, 4.69) is 0 Å². The summed E-state index contributed by atoms with van der Waals surface area (Å²) in [6.45, 7) is 3.96. The van der Waals surface area contributed by atoms with E-state index in [0.29, 0.717) is 32.7 Å². The summed E-state index contributed by atoms with van der Waals surface area (Å²) in [6, 6.07) is 10.5. The minimum atomic E-state index is -3.51. The lowest BCUT2D eigenvalue weighted by Crippen LogP contribution is -2.29. The Balaban J connectivity index is 1.63. The zero-order chi connectivity index (χ0) is 18.6. The highest BCUT2D eigenvalue weighted by Crippen LogP contribution is 2.19. The fraction of sp³-hybridized carbons (Fsp3) is 0.421. The van der Waals surface area contributed by atoms with Gasteiger partial charge in [-0.05, 0) is 49.9 Å². The molecule has 1 aromatic carbocycles. The number of rotatable bonds is 7. The number of benzene rings is 1. The third-order valence-corrected chi connectivity index (χ3v) is 6.34.